The largest absolute Gasteiger partial charge is 0.491 e. The van der Waals surface area contributed by atoms with Crippen molar-refractivity contribution in [3.8, 4) is 11.5 Å². The molecule has 3 aromatic rings. The molecular weight excluding hydrogens is 442 g/mol. The summed E-state index contributed by atoms with van der Waals surface area (Å²) >= 11 is 8.36. The minimum absolute atomic E-state index is 0.592. The van der Waals surface area contributed by atoms with E-state index in [1.54, 1.807) is 7.11 Å². The second kappa shape index (κ2) is 10.2. The average molecular weight is 474 g/mol. The fraction of sp³-hybridized carbons (Fsp3) is 0.440. The van der Waals surface area contributed by atoms with Crippen molar-refractivity contribution in [2.75, 3.05) is 70.3 Å². The molecule has 0 unspecified atom stereocenters. The Morgan fingerprint density at radius 3 is 2.59 bits per heavy atom. The number of hydrogen-bond donors (Lipinski definition) is 0. The number of benzene rings is 2. The Kier molecular flexibility index (Phi) is 7.33. The van der Waals surface area contributed by atoms with Crippen molar-refractivity contribution < 1.29 is 9.47 Å². The van der Waals surface area contributed by atoms with E-state index >= 15 is 0 Å². The predicted octanol–water partition coefficient (Wildman–Crippen LogP) is 5.53. The summed E-state index contributed by atoms with van der Waals surface area (Å²) < 4.78 is 13.1. The summed E-state index contributed by atoms with van der Waals surface area (Å²) in [5, 5.41) is 4.15. The molecule has 1 saturated heterocycles. The van der Waals surface area contributed by atoms with E-state index in [-0.39, 0.29) is 0 Å². The Labute approximate surface area is 200 Å². The van der Waals surface area contributed by atoms with Crippen LogP contribution in [0.2, 0.25) is 5.02 Å². The Balaban J connectivity index is 1.28. The third kappa shape index (κ3) is 4.77. The monoisotopic (exact) mass is 473 g/mol. The van der Waals surface area contributed by atoms with Gasteiger partial charge in [-0.3, -0.25) is 4.90 Å². The molecule has 7 heteroatoms. The highest BCUT2D eigenvalue weighted by molar-refractivity contribution is 7.17. The first-order chi connectivity index (χ1) is 15.5. The number of aryl methyl sites for hydroxylation is 1. The molecule has 0 amide bonds. The van der Waals surface area contributed by atoms with E-state index in [1.807, 2.05) is 43.3 Å². The molecule has 0 radical (unpaired) electrons. The maximum atomic E-state index is 6.55. The molecular formula is C25H32ClN3O2S. The first-order valence-corrected chi connectivity index (χ1v) is 12.4. The minimum Gasteiger partial charge on any atom is -0.491 e. The topological polar surface area (TPSA) is 28.2 Å². The summed E-state index contributed by atoms with van der Waals surface area (Å²) in [5.41, 5.74) is 3.34. The lowest BCUT2D eigenvalue weighted by Crippen LogP contribution is -2.46. The number of nitrogens with zero attached hydrogens (tertiary/aromatic N) is 3. The molecule has 0 N–H and O–H groups in total. The van der Waals surface area contributed by atoms with E-state index < -0.39 is 0 Å². The molecule has 5 nitrogen and oxygen atoms in total. The minimum atomic E-state index is 0.592. The van der Waals surface area contributed by atoms with Crippen LogP contribution in [0.4, 0.5) is 11.4 Å². The van der Waals surface area contributed by atoms with Gasteiger partial charge >= 0.3 is 0 Å². The summed E-state index contributed by atoms with van der Waals surface area (Å²) in [7, 11) is 5.59. The fourth-order valence-electron chi connectivity index (χ4n) is 4.34. The van der Waals surface area contributed by atoms with Crippen molar-refractivity contribution in [1.29, 1.82) is 0 Å². The quantitative estimate of drug-likeness (QED) is 0.401. The highest BCUT2D eigenvalue weighted by Crippen LogP contribution is 2.43. The van der Waals surface area contributed by atoms with Gasteiger partial charge in [-0.25, -0.2) is 0 Å². The van der Waals surface area contributed by atoms with Gasteiger partial charge in [0.05, 0.1) is 19.4 Å². The standard InChI is InChI=1S/C25H32ClN3O2S/c1-18-17-21(27(2)3)23(26)25(30-4)24(18)31-15-6-10-28-11-13-29(14-12-28)20-7-5-8-22-19(20)9-16-32-22/h5,7-9,16-17H,6,10-15H2,1-4H3. The second-order valence-electron chi connectivity index (χ2n) is 8.42. The van der Waals surface area contributed by atoms with E-state index in [4.69, 9.17) is 21.1 Å². The first kappa shape index (κ1) is 23.0. The predicted molar refractivity (Wildman–Crippen MR) is 138 cm³/mol. The van der Waals surface area contributed by atoms with Gasteiger partial charge in [-0.2, -0.15) is 0 Å². The van der Waals surface area contributed by atoms with Gasteiger partial charge in [-0.1, -0.05) is 17.7 Å². The van der Waals surface area contributed by atoms with Crippen molar-refractivity contribution >= 4 is 44.4 Å². The van der Waals surface area contributed by atoms with Crippen molar-refractivity contribution in [2.24, 2.45) is 0 Å². The third-order valence-corrected chi connectivity index (χ3v) is 7.33. The lowest BCUT2D eigenvalue weighted by molar-refractivity contribution is 0.221. The van der Waals surface area contributed by atoms with Crippen LogP contribution in [0.15, 0.2) is 35.7 Å². The highest BCUT2D eigenvalue weighted by Gasteiger charge is 2.20. The van der Waals surface area contributed by atoms with E-state index in [0.29, 0.717) is 17.4 Å². The van der Waals surface area contributed by atoms with Crippen LogP contribution >= 0.6 is 22.9 Å². The summed E-state index contributed by atoms with van der Waals surface area (Å²) in [4.78, 5) is 7.03. The molecule has 0 bridgehead atoms. The fourth-order valence-corrected chi connectivity index (χ4v) is 5.54. The van der Waals surface area contributed by atoms with Crippen molar-refractivity contribution in [3.63, 3.8) is 0 Å². The summed E-state index contributed by atoms with van der Waals surface area (Å²) in [6.07, 6.45) is 0.968. The van der Waals surface area contributed by atoms with Gasteiger partial charge < -0.3 is 19.3 Å². The molecule has 1 aromatic heterocycles. The molecule has 4 rings (SSSR count). The van der Waals surface area contributed by atoms with Crippen LogP contribution in [0.3, 0.4) is 0 Å². The first-order valence-electron chi connectivity index (χ1n) is 11.1. The molecule has 2 aromatic carbocycles. The smallest absolute Gasteiger partial charge is 0.181 e. The number of ether oxygens (including phenoxy) is 2. The summed E-state index contributed by atoms with van der Waals surface area (Å²) in [5.74, 6) is 1.36. The molecule has 32 heavy (non-hydrogen) atoms. The summed E-state index contributed by atoms with van der Waals surface area (Å²) in [6.45, 7) is 7.98. The average Bonchev–Trinajstić information content (AvgIpc) is 3.28. The number of anilines is 2. The number of hydrogen-bond acceptors (Lipinski definition) is 6. The van der Waals surface area contributed by atoms with Gasteiger partial charge in [0.1, 0.15) is 5.02 Å². The van der Waals surface area contributed by atoms with Crippen LogP contribution < -0.4 is 19.3 Å². The molecule has 2 heterocycles. The van der Waals surface area contributed by atoms with Crippen LogP contribution in [0.1, 0.15) is 12.0 Å². The van der Waals surface area contributed by atoms with Crippen LogP contribution in [0.5, 0.6) is 11.5 Å². The van der Waals surface area contributed by atoms with E-state index in [9.17, 15) is 0 Å². The molecule has 0 atom stereocenters. The molecule has 0 spiro atoms. The maximum absolute atomic E-state index is 6.55. The van der Waals surface area contributed by atoms with Gasteiger partial charge in [0.2, 0.25) is 0 Å². The van der Waals surface area contributed by atoms with Crippen LogP contribution in [0.25, 0.3) is 10.1 Å². The Morgan fingerprint density at radius 1 is 1.09 bits per heavy atom. The van der Waals surface area contributed by atoms with E-state index in [0.717, 1.165) is 56.1 Å². The molecule has 1 aliphatic rings. The van der Waals surface area contributed by atoms with Gasteiger partial charge in [0.15, 0.2) is 11.5 Å². The molecule has 1 fully saturated rings. The SMILES string of the molecule is COc1c(Cl)c(N(C)C)cc(C)c1OCCCN1CCN(c2cccc3sccc23)CC1. The van der Waals surface area contributed by atoms with Gasteiger partial charge in [-0.05, 0) is 48.6 Å². The number of piperazine rings is 1. The Morgan fingerprint density at radius 2 is 1.88 bits per heavy atom. The van der Waals surface area contributed by atoms with Crippen molar-refractivity contribution in [1.82, 2.24) is 4.90 Å². The maximum Gasteiger partial charge on any atom is 0.181 e. The Bertz CT molecular complexity index is 1060. The summed E-state index contributed by atoms with van der Waals surface area (Å²) in [6, 6.07) is 10.9. The highest BCUT2D eigenvalue weighted by atomic mass is 35.5. The van der Waals surface area contributed by atoms with Crippen molar-refractivity contribution in [3.05, 3.63) is 46.3 Å². The Hall–Kier alpha value is -2.15. The molecule has 172 valence electrons. The number of halogens is 1. The third-order valence-electron chi connectivity index (χ3n) is 6.08. The molecule has 0 saturated carbocycles. The number of methoxy groups -OCH3 is 1. The van der Waals surface area contributed by atoms with Gasteiger partial charge in [0.25, 0.3) is 0 Å². The van der Waals surface area contributed by atoms with E-state index in [1.165, 1.54) is 15.8 Å². The van der Waals surface area contributed by atoms with Crippen LogP contribution in [-0.2, 0) is 0 Å². The zero-order valence-electron chi connectivity index (χ0n) is 19.4. The normalized spacial score (nSPS) is 14.7. The zero-order valence-corrected chi connectivity index (χ0v) is 20.9. The number of fused-ring (bicyclic) bond motifs is 1. The lowest BCUT2D eigenvalue weighted by atomic mass is 10.1. The van der Waals surface area contributed by atoms with Gasteiger partial charge in [-0.15, -0.1) is 11.3 Å². The van der Waals surface area contributed by atoms with Crippen LogP contribution in [-0.4, -0.2) is 65.4 Å². The van der Waals surface area contributed by atoms with Crippen LogP contribution in [0, 0.1) is 6.92 Å². The number of rotatable bonds is 8. The van der Waals surface area contributed by atoms with Crippen molar-refractivity contribution in [2.45, 2.75) is 13.3 Å². The van der Waals surface area contributed by atoms with E-state index in [2.05, 4.69) is 39.4 Å². The zero-order chi connectivity index (χ0) is 22.7. The van der Waals surface area contributed by atoms with Gasteiger partial charge in [0, 0.05) is 62.6 Å². The molecule has 1 aliphatic heterocycles. The number of thiophene rings is 1. The lowest BCUT2D eigenvalue weighted by Gasteiger charge is -2.36. The second-order valence-corrected chi connectivity index (χ2v) is 9.75. The molecule has 0 aliphatic carbocycles.